The maximum absolute atomic E-state index is 8.60. The Morgan fingerprint density at radius 3 is 2.64 bits per heavy atom. The zero-order valence-electron chi connectivity index (χ0n) is 8.83. The van der Waals surface area contributed by atoms with Gasteiger partial charge >= 0.3 is 0 Å². The van der Waals surface area contributed by atoms with E-state index >= 15 is 0 Å². The Morgan fingerprint density at radius 2 is 2.07 bits per heavy atom. The minimum Gasteiger partial charge on any atom is -0.396 e. The number of rotatable bonds is 6. The standard InChI is InChI=1S/C10H20O4/c1-2-10(6-12-5-3-4-11)7-13-9-14-8-10/h11H,2-9H2,1H3. The molecule has 4 nitrogen and oxygen atoms in total. The monoisotopic (exact) mass is 204 g/mol. The summed E-state index contributed by atoms with van der Waals surface area (Å²) in [7, 11) is 0. The van der Waals surface area contributed by atoms with Crippen LogP contribution in [-0.2, 0) is 14.2 Å². The third-order valence-corrected chi connectivity index (χ3v) is 2.59. The van der Waals surface area contributed by atoms with E-state index < -0.39 is 0 Å². The van der Waals surface area contributed by atoms with Gasteiger partial charge in [0.25, 0.3) is 0 Å². The molecule has 0 aromatic rings. The lowest BCUT2D eigenvalue weighted by Gasteiger charge is -2.35. The molecule has 0 radical (unpaired) electrons. The summed E-state index contributed by atoms with van der Waals surface area (Å²) in [6, 6.07) is 0. The van der Waals surface area contributed by atoms with Crippen LogP contribution >= 0.6 is 0 Å². The molecule has 0 bridgehead atoms. The molecule has 0 amide bonds. The molecule has 1 heterocycles. The van der Waals surface area contributed by atoms with E-state index in [1.807, 2.05) is 0 Å². The van der Waals surface area contributed by atoms with Crippen LogP contribution in [0.15, 0.2) is 0 Å². The molecule has 1 aliphatic heterocycles. The highest BCUT2D eigenvalue weighted by Crippen LogP contribution is 2.26. The minimum atomic E-state index is 0.0215. The lowest BCUT2D eigenvalue weighted by atomic mass is 9.87. The Balaban J connectivity index is 2.22. The number of hydrogen-bond donors (Lipinski definition) is 1. The molecule has 0 spiro atoms. The summed E-state index contributed by atoms with van der Waals surface area (Å²) in [6.07, 6.45) is 1.69. The molecule has 0 aromatic carbocycles. The van der Waals surface area contributed by atoms with E-state index in [0.29, 0.717) is 39.6 Å². The molecular formula is C10H20O4. The summed E-state index contributed by atoms with van der Waals surface area (Å²) in [6.45, 7) is 5.39. The van der Waals surface area contributed by atoms with Gasteiger partial charge in [0.15, 0.2) is 0 Å². The van der Waals surface area contributed by atoms with Crippen LogP contribution in [0.5, 0.6) is 0 Å². The van der Waals surface area contributed by atoms with Crippen LogP contribution in [0.1, 0.15) is 19.8 Å². The molecule has 0 aliphatic carbocycles. The van der Waals surface area contributed by atoms with Crippen molar-refractivity contribution in [1.82, 2.24) is 0 Å². The topological polar surface area (TPSA) is 47.9 Å². The first kappa shape index (κ1) is 11.9. The molecule has 1 fully saturated rings. The second-order valence-corrected chi connectivity index (χ2v) is 3.80. The van der Waals surface area contributed by atoms with Gasteiger partial charge in [-0.2, -0.15) is 0 Å². The molecule has 1 saturated heterocycles. The molecule has 0 aromatic heterocycles. The van der Waals surface area contributed by atoms with Gasteiger partial charge in [-0.1, -0.05) is 6.92 Å². The highest BCUT2D eigenvalue weighted by molar-refractivity contribution is 4.78. The summed E-state index contributed by atoms with van der Waals surface area (Å²) in [5.74, 6) is 0. The first-order valence-corrected chi connectivity index (χ1v) is 5.17. The summed E-state index contributed by atoms with van der Waals surface area (Å²) in [5.41, 5.74) is 0.0215. The van der Waals surface area contributed by atoms with Crippen molar-refractivity contribution in [3.05, 3.63) is 0 Å². The average molecular weight is 204 g/mol. The second-order valence-electron chi connectivity index (χ2n) is 3.80. The fraction of sp³-hybridized carbons (Fsp3) is 1.00. The van der Waals surface area contributed by atoms with Crippen molar-refractivity contribution < 1.29 is 19.3 Å². The molecule has 1 N–H and O–H groups in total. The zero-order valence-corrected chi connectivity index (χ0v) is 8.83. The highest BCUT2D eigenvalue weighted by atomic mass is 16.7. The van der Waals surface area contributed by atoms with Gasteiger partial charge in [-0.05, 0) is 12.8 Å². The van der Waals surface area contributed by atoms with E-state index in [2.05, 4.69) is 6.92 Å². The fourth-order valence-electron chi connectivity index (χ4n) is 1.46. The van der Waals surface area contributed by atoms with Crippen molar-refractivity contribution in [3.8, 4) is 0 Å². The van der Waals surface area contributed by atoms with Crippen molar-refractivity contribution in [2.75, 3.05) is 39.8 Å². The summed E-state index contributed by atoms with van der Waals surface area (Å²) in [5, 5.41) is 8.60. The van der Waals surface area contributed by atoms with Crippen LogP contribution < -0.4 is 0 Å². The van der Waals surface area contributed by atoms with E-state index in [-0.39, 0.29) is 12.0 Å². The van der Waals surface area contributed by atoms with Gasteiger partial charge in [0.05, 0.1) is 19.8 Å². The van der Waals surface area contributed by atoms with Gasteiger partial charge in [-0.25, -0.2) is 0 Å². The normalized spacial score (nSPS) is 21.0. The van der Waals surface area contributed by atoms with Crippen molar-refractivity contribution in [3.63, 3.8) is 0 Å². The Hall–Kier alpha value is -0.160. The highest BCUT2D eigenvalue weighted by Gasteiger charge is 2.32. The van der Waals surface area contributed by atoms with Crippen LogP contribution in [-0.4, -0.2) is 44.9 Å². The van der Waals surface area contributed by atoms with Gasteiger partial charge in [0, 0.05) is 18.6 Å². The first-order chi connectivity index (χ1) is 6.83. The van der Waals surface area contributed by atoms with Crippen molar-refractivity contribution in [1.29, 1.82) is 0 Å². The largest absolute Gasteiger partial charge is 0.396 e. The first-order valence-electron chi connectivity index (χ1n) is 5.17. The van der Waals surface area contributed by atoms with Crippen molar-refractivity contribution in [2.45, 2.75) is 19.8 Å². The molecule has 4 heteroatoms. The molecule has 0 atom stereocenters. The van der Waals surface area contributed by atoms with Crippen LogP contribution in [0.2, 0.25) is 0 Å². The second kappa shape index (κ2) is 6.35. The molecule has 0 saturated carbocycles. The van der Waals surface area contributed by atoms with Crippen LogP contribution in [0, 0.1) is 5.41 Å². The van der Waals surface area contributed by atoms with Gasteiger partial charge in [-0.3, -0.25) is 0 Å². The van der Waals surface area contributed by atoms with Crippen LogP contribution in [0.4, 0.5) is 0 Å². The van der Waals surface area contributed by atoms with Crippen molar-refractivity contribution >= 4 is 0 Å². The maximum Gasteiger partial charge on any atom is 0.146 e. The number of ether oxygens (including phenoxy) is 3. The average Bonchev–Trinajstić information content (AvgIpc) is 2.26. The lowest BCUT2D eigenvalue weighted by Crippen LogP contribution is -2.41. The molecule has 14 heavy (non-hydrogen) atoms. The number of aliphatic hydroxyl groups excluding tert-OH is 1. The van der Waals surface area contributed by atoms with Gasteiger partial charge in [0.1, 0.15) is 6.79 Å². The molecule has 1 rings (SSSR count). The van der Waals surface area contributed by atoms with Crippen LogP contribution in [0.3, 0.4) is 0 Å². The Labute approximate surface area is 85.2 Å². The smallest absolute Gasteiger partial charge is 0.146 e. The van der Waals surface area contributed by atoms with E-state index in [1.54, 1.807) is 0 Å². The quantitative estimate of drug-likeness (QED) is 0.650. The Kier molecular flexibility index (Phi) is 5.40. The predicted octanol–water partition coefficient (Wildman–Crippen LogP) is 0.786. The van der Waals surface area contributed by atoms with E-state index in [9.17, 15) is 0 Å². The molecule has 1 aliphatic rings. The van der Waals surface area contributed by atoms with E-state index in [0.717, 1.165) is 6.42 Å². The summed E-state index contributed by atoms with van der Waals surface area (Å²) in [4.78, 5) is 0. The summed E-state index contributed by atoms with van der Waals surface area (Å²) >= 11 is 0. The number of hydrogen-bond acceptors (Lipinski definition) is 4. The molecule has 0 unspecified atom stereocenters. The van der Waals surface area contributed by atoms with Gasteiger partial charge in [0.2, 0.25) is 0 Å². The van der Waals surface area contributed by atoms with E-state index in [4.69, 9.17) is 19.3 Å². The predicted molar refractivity (Wildman–Crippen MR) is 52.0 cm³/mol. The SMILES string of the molecule is CCC1(COCCCO)COCOC1. The Bertz CT molecular complexity index is 143. The maximum atomic E-state index is 8.60. The van der Waals surface area contributed by atoms with Gasteiger partial charge < -0.3 is 19.3 Å². The fourth-order valence-corrected chi connectivity index (χ4v) is 1.46. The third kappa shape index (κ3) is 3.53. The molecule has 84 valence electrons. The number of aliphatic hydroxyl groups is 1. The van der Waals surface area contributed by atoms with E-state index in [1.165, 1.54) is 0 Å². The Morgan fingerprint density at radius 1 is 1.36 bits per heavy atom. The third-order valence-electron chi connectivity index (χ3n) is 2.59. The van der Waals surface area contributed by atoms with Gasteiger partial charge in [-0.15, -0.1) is 0 Å². The van der Waals surface area contributed by atoms with Crippen molar-refractivity contribution in [2.24, 2.45) is 5.41 Å². The zero-order chi connectivity index (χ0) is 10.3. The van der Waals surface area contributed by atoms with Crippen LogP contribution in [0.25, 0.3) is 0 Å². The minimum absolute atomic E-state index is 0.0215. The lowest BCUT2D eigenvalue weighted by molar-refractivity contribution is -0.182. The molecular weight excluding hydrogens is 184 g/mol. The summed E-state index contributed by atoms with van der Waals surface area (Å²) < 4.78 is 16.1.